The van der Waals surface area contributed by atoms with Crippen molar-refractivity contribution < 1.29 is 13.9 Å². The molecule has 0 bridgehead atoms. The van der Waals surface area contributed by atoms with E-state index in [1.165, 1.54) is 12.1 Å². The molecule has 0 amide bonds. The average Bonchev–Trinajstić information content (AvgIpc) is 2.47. The fraction of sp³-hybridized carbons (Fsp3) is 0.250. The molecule has 0 aliphatic rings. The van der Waals surface area contributed by atoms with E-state index >= 15 is 0 Å². The summed E-state index contributed by atoms with van der Waals surface area (Å²) in [5, 5.41) is 3.24. The number of methoxy groups -OCH3 is 1. The van der Waals surface area contributed by atoms with Gasteiger partial charge in [-0.05, 0) is 42.0 Å². The predicted molar refractivity (Wildman–Crippen MR) is 77.5 cm³/mol. The molecule has 0 spiro atoms. The monoisotopic (exact) mass is 275 g/mol. The van der Waals surface area contributed by atoms with Gasteiger partial charge in [0.2, 0.25) is 0 Å². The topological polar surface area (TPSA) is 30.5 Å². The van der Waals surface area contributed by atoms with Gasteiger partial charge in [0.05, 0.1) is 6.61 Å². The van der Waals surface area contributed by atoms with Gasteiger partial charge in [-0.2, -0.15) is 0 Å². The minimum absolute atomic E-state index is 0.232. The van der Waals surface area contributed by atoms with Crippen molar-refractivity contribution >= 4 is 5.69 Å². The first-order valence-corrected chi connectivity index (χ1v) is 6.48. The molecular weight excluding hydrogens is 257 g/mol. The second-order valence-corrected chi connectivity index (χ2v) is 4.35. The Balaban J connectivity index is 1.89. The smallest absolute Gasteiger partial charge is 0.123 e. The molecule has 0 radical (unpaired) electrons. The van der Waals surface area contributed by atoms with Gasteiger partial charge in [0.25, 0.3) is 0 Å². The van der Waals surface area contributed by atoms with Crippen molar-refractivity contribution in [2.24, 2.45) is 0 Å². The van der Waals surface area contributed by atoms with E-state index in [2.05, 4.69) is 5.32 Å². The minimum Gasteiger partial charge on any atom is -0.491 e. The van der Waals surface area contributed by atoms with Crippen LogP contribution in [-0.4, -0.2) is 20.3 Å². The molecule has 2 rings (SSSR count). The van der Waals surface area contributed by atoms with Crippen LogP contribution in [0, 0.1) is 5.82 Å². The normalized spacial score (nSPS) is 10.3. The van der Waals surface area contributed by atoms with E-state index in [1.54, 1.807) is 19.2 Å². The summed E-state index contributed by atoms with van der Waals surface area (Å²) >= 11 is 0. The van der Waals surface area contributed by atoms with Crippen LogP contribution in [0.1, 0.15) is 5.56 Å². The highest BCUT2D eigenvalue weighted by Gasteiger charge is 1.98. The maximum absolute atomic E-state index is 12.8. The van der Waals surface area contributed by atoms with E-state index in [0.29, 0.717) is 19.8 Å². The lowest BCUT2D eigenvalue weighted by atomic mass is 10.2. The largest absolute Gasteiger partial charge is 0.491 e. The summed E-state index contributed by atoms with van der Waals surface area (Å²) in [4.78, 5) is 0. The van der Waals surface area contributed by atoms with Gasteiger partial charge in [0.15, 0.2) is 0 Å². The van der Waals surface area contributed by atoms with Crippen molar-refractivity contribution in [3.05, 3.63) is 59.9 Å². The fourth-order valence-corrected chi connectivity index (χ4v) is 1.76. The molecule has 0 unspecified atom stereocenters. The van der Waals surface area contributed by atoms with Crippen molar-refractivity contribution in [1.29, 1.82) is 0 Å². The molecule has 0 atom stereocenters. The fourth-order valence-electron chi connectivity index (χ4n) is 1.76. The molecule has 0 aliphatic heterocycles. The Morgan fingerprint density at radius 1 is 1.05 bits per heavy atom. The Bertz CT molecular complexity index is 528. The summed E-state index contributed by atoms with van der Waals surface area (Å²) in [6.45, 7) is 1.76. The molecule has 20 heavy (non-hydrogen) atoms. The van der Waals surface area contributed by atoms with Crippen molar-refractivity contribution in [2.45, 2.75) is 6.54 Å². The Hall–Kier alpha value is -2.07. The Morgan fingerprint density at radius 3 is 2.60 bits per heavy atom. The first-order valence-electron chi connectivity index (χ1n) is 6.48. The predicted octanol–water partition coefficient (Wildman–Crippen LogP) is 3.46. The molecule has 2 aromatic carbocycles. The van der Waals surface area contributed by atoms with E-state index in [1.807, 2.05) is 24.3 Å². The molecule has 2 aromatic rings. The van der Waals surface area contributed by atoms with Crippen molar-refractivity contribution in [3.8, 4) is 5.75 Å². The lowest BCUT2D eigenvalue weighted by Crippen LogP contribution is -2.05. The second kappa shape index (κ2) is 7.50. The maximum atomic E-state index is 12.8. The molecule has 1 N–H and O–H groups in total. The van der Waals surface area contributed by atoms with E-state index in [0.717, 1.165) is 17.0 Å². The third-order valence-electron chi connectivity index (χ3n) is 2.80. The van der Waals surface area contributed by atoms with Crippen LogP contribution in [0.4, 0.5) is 10.1 Å². The molecule has 0 aromatic heterocycles. The van der Waals surface area contributed by atoms with Gasteiger partial charge in [-0.3, -0.25) is 0 Å². The van der Waals surface area contributed by atoms with Gasteiger partial charge >= 0.3 is 0 Å². The van der Waals surface area contributed by atoms with Crippen LogP contribution in [0.3, 0.4) is 0 Å². The van der Waals surface area contributed by atoms with Crippen molar-refractivity contribution in [3.63, 3.8) is 0 Å². The van der Waals surface area contributed by atoms with Gasteiger partial charge < -0.3 is 14.8 Å². The van der Waals surface area contributed by atoms with Crippen LogP contribution in [0.15, 0.2) is 48.5 Å². The third kappa shape index (κ3) is 4.55. The number of benzene rings is 2. The van der Waals surface area contributed by atoms with E-state index in [4.69, 9.17) is 9.47 Å². The SMILES string of the molecule is COCCOc1cccc(CNc2ccc(F)cc2)c1. The first-order chi connectivity index (χ1) is 9.78. The zero-order chi connectivity index (χ0) is 14.2. The highest BCUT2D eigenvalue weighted by atomic mass is 19.1. The van der Waals surface area contributed by atoms with Crippen molar-refractivity contribution in [1.82, 2.24) is 0 Å². The van der Waals surface area contributed by atoms with E-state index in [-0.39, 0.29) is 5.82 Å². The summed E-state index contributed by atoms with van der Waals surface area (Å²) in [5.74, 6) is 0.588. The molecule has 0 fully saturated rings. The summed E-state index contributed by atoms with van der Waals surface area (Å²) in [5.41, 5.74) is 1.99. The van der Waals surface area contributed by atoms with Crippen LogP contribution in [0.2, 0.25) is 0 Å². The summed E-state index contributed by atoms with van der Waals surface area (Å²) in [6.07, 6.45) is 0. The second-order valence-electron chi connectivity index (χ2n) is 4.35. The minimum atomic E-state index is -0.232. The Morgan fingerprint density at radius 2 is 1.85 bits per heavy atom. The molecule has 0 saturated heterocycles. The average molecular weight is 275 g/mol. The number of halogens is 1. The van der Waals surface area contributed by atoms with Crippen LogP contribution in [-0.2, 0) is 11.3 Å². The standard InChI is InChI=1S/C16H18FNO2/c1-19-9-10-20-16-4-2-3-13(11-16)12-18-15-7-5-14(17)6-8-15/h2-8,11,18H,9-10,12H2,1H3. The molecule has 0 saturated carbocycles. The number of ether oxygens (including phenoxy) is 2. The van der Waals surface area contributed by atoms with Gasteiger partial charge in [0, 0.05) is 19.3 Å². The summed E-state index contributed by atoms with van der Waals surface area (Å²) in [7, 11) is 1.65. The van der Waals surface area contributed by atoms with Crippen LogP contribution < -0.4 is 10.1 Å². The third-order valence-corrected chi connectivity index (χ3v) is 2.80. The highest BCUT2D eigenvalue weighted by Crippen LogP contribution is 2.15. The Labute approximate surface area is 118 Å². The maximum Gasteiger partial charge on any atom is 0.123 e. The molecule has 3 nitrogen and oxygen atoms in total. The molecule has 106 valence electrons. The lowest BCUT2D eigenvalue weighted by molar-refractivity contribution is 0.146. The van der Waals surface area contributed by atoms with Gasteiger partial charge in [0.1, 0.15) is 18.2 Å². The zero-order valence-electron chi connectivity index (χ0n) is 11.4. The molecular formula is C16H18FNO2. The van der Waals surface area contributed by atoms with Gasteiger partial charge in [-0.1, -0.05) is 12.1 Å². The zero-order valence-corrected chi connectivity index (χ0v) is 11.4. The number of nitrogens with one attached hydrogen (secondary N) is 1. The number of hydrogen-bond donors (Lipinski definition) is 1. The lowest BCUT2D eigenvalue weighted by Gasteiger charge is -2.09. The molecule has 4 heteroatoms. The van der Waals surface area contributed by atoms with Crippen LogP contribution in [0.5, 0.6) is 5.75 Å². The van der Waals surface area contributed by atoms with Crippen molar-refractivity contribution in [2.75, 3.05) is 25.6 Å². The summed E-state index contributed by atoms with van der Waals surface area (Å²) in [6, 6.07) is 14.2. The highest BCUT2D eigenvalue weighted by molar-refractivity contribution is 5.44. The van der Waals surface area contributed by atoms with E-state index < -0.39 is 0 Å². The molecule has 0 aliphatic carbocycles. The van der Waals surface area contributed by atoms with Gasteiger partial charge in [-0.15, -0.1) is 0 Å². The number of hydrogen-bond acceptors (Lipinski definition) is 3. The van der Waals surface area contributed by atoms with E-state index in [9.17, 15) is 4.39 Å². The number of anilines is 1. The van der Waals surface area contributed by atoms with Crippen LogP contribution >= 0.6 is 0 Å². The Kier molecular flexibility index (Phi) is 5.38. The number of rotatable bonds is 7. The molecule has 0 heterocycles. The van der Waals surface area contributed by atoms with Gasteiger partial charge in [-0.25, -0.2) is 4.39 Å². The summed E-state index contributed by atoms with van der Waals surface area (Å²) < 4.78 is 23.3. The quantitative estimate of drug-likeness (QED) is 0.785. The van der Waals surface area contributed by atoms with Crippen LogP contribution in [0.25, 0.3) is 0 Å². The first kappa shape index (κ1) is 14.3.